The van der Waals surface area contributed by atoms with Gasteiger partial charge in [-0.1, -0.05) is 6.07 Å². The Balaban J connectivity index is 1.94. The van der Waals surface area contributed by atoms with E-state index < -0.39 is 5.97 Å². The van der Waals surface area contributed by atoms with Crippen molar-refractivity contribution in [3.05, 3.63) is 46.3 Å². The number of nitrogens with zero attached hydrogens (tertiary/aromatic N) is 2. The Labute approximate surface area is 117 Å². The highest BCUT2D eigenvalue weighted by atomic mass is 16.4. The first-order chi connectivity index (χ1) is 9.74. The Kier molecular flexibility index (Phi) is 2.46. The number of carbonyl (C=O) groups is 1. The molecule has 4 heteroatoms. The molecule has 0 spiro atoms. The van der Waals surface area contributed by atoms with Gasteiger partial charge in [-0.05, 0) is 66.8 Å². The standard InChI is InChI=1S/C16H16N2O2/c19-16(20)14-7-8-18(17-14)15-12-5-1-3-10(12)9-11-4-2-6-13(11)15/h7-9H,1-6H2,(H,19,20). The molecule has 0 bridgehead atoms. The van der Waals surface area contributed by atoms with Gasteiger partial charge in [0.05, 0.1) is 5.69 Å². The van der Waals surface area contributed by atoms with E-state index in [1.807, 2.05) is 0 Å². The van der Waals surface area contributed by atoms with Crippen molar-refractivity contribution in [1.29, 1.82) is 0 Å². The van der Waals surface area contributed by atoms with Gasteiger partial charge in [-0.25, -0.2) is 9.48 Å². The number of benzene rings is 1. The molecule has 1 aromatic heterocycles. The lowest BCUT2D eigenvalue weighted by molar-refractivity contribution is 0.0690. The monoisotopic (exact) mass is 268 g/mol. The van der Waals surface area contributed by atoms with E-state index in [-0.39, 0.29) is 5.69 Å². The molecule has 0 radical (unpaired) electrons. The minimum Gasteiger partial charge on any atom is -0.476 e. The van der Waals surface area contributed by atoms with Gasteiger partial charge < -0.3 is 5.11 Å². The van der Waals surface area contributed by atoms with Crippen molar-refractivity contribution in [3.63, 3.8) is 0 Å². The fourth-order valence-corrected chi connectivity index (χ4v) is 3.63. The lowest BCUT2D eigenvalue weighted by Crippen LogP contribution is -2.07. The summed E-state index contributed by atoms with van der Waals surface area (Å²) in [6.45, 7) is 0. The summed E-state index contributed by atoms with van der Waals surface area (Å²) in [7, 11) is 0. The van der Waals surface area contributed by atoms with Gasteiger partial charge >= 0.3 is 5.97 Å². The third-order valence-corrected chi connectivity index (χ3v) is 4.48. The van der Waals surface area contributed by atoms with E-state index in [9.17, 15) is 4.79 Å². The second-order valence-electron chi connectivity index (χ2n) is 5.66. The van der Waals surface area contributed by atoms with Crippen LogP contribution in [-0.2, 0) is 25.7 Å². The molecule has 0 atom stereocenters. The summed E-state index contributed by atoms with van der Waals surface area (Å²) in [5.74, 6) is -0.965. The minimum absolute atomic E-state index is 0.118. The molecular formula is C16H16N2O2. The van der Waals surface area contributed by atoms with Crippen LogP contribution in [-0.4, -0.2) is 20.9 Å². The van der Waals surface area contributed by atoms with Gasteiger partial charge in [-0.2, -0.15) is 5.10 Å². The number of aromatic carboxylic acids is 1. The molecule has 2 aromatic rings. The minimum atomic E-state index is -0.965. The number of hydrogen-bond donors (Lipinski definition) is 1. The molecule has 4 rings (SSSR count). The third-order valence-electron chi connectivity index (χ3n) is 4.48. The number of aromatic nitrogens is 2. The SMILES string of the molecule is O=C(O)c1ccn(-c2c3c(cc4c2CCC4)CCC3)n1. The molecular weight excluding hydrogens is 252 g/mol. The Morgan fingerprint density at radius 1 is 1.10 bits per heavy atom. The van der Waals surface area contributed by atoms with Gasteiger partial charge in [0.1, 0.15) is 0 Å². The van der Waals surface area contributed by atoms with Crippen LogP contribution >= 0.6 is 0 Å². The second kappa shape index (κ2) is 4.20. The van der Waals surface area contributed by atoms with Gasteiger partial charge in [0, 0.05) is 6.20 Å². The first-order valence-corrected chi connectivity index (χ1v) is 7.20. The van der Waals surface area contributed by atoms with Gasteiger partial charge in [0.2, 0.25) is 0 Å². The van der Waals surface area contributed by atoms with Crippen molar-refractivity contribution >= 4 is 5.97 Å². The Bertz CT molecular complexity index is 683. The maximum absolute atomic E-state index is 11.0. The van der Waals surface area contributed by atoms with Crippen LogP contribution in [0.25, 0.3) is 5.69 Å². The lowest BCUT2D eigenvalue weighted by Gasteiger charge is -2.14. The molecule has 1 N–H and O–H groups in total. The molecule has 1 heterocycles. The van der Waals surface area contributed by atoms with Crippen molar-refractivity contribution in [1.82, 2.24) is 9.78 Å². The Morgan fingerprint density at radius 2 is 1.75 bits per heavy atom. The van der Waals surface area contributed by atoms with E-state index in [1.165, 1.54) is 40.8 Å². The van der Waals surface area contributed by atoms with Crippen molar-refractivity contribution in [3.8, 4) is 5.69 Å². The molecule has 0 amide bonds. The van der Waals surface area contributed by atoms with Crippen molar-refractivity contribution in [2.45, 2.75) is 38.5 Å². The summed E-state index contributed by atoms with van der Waals surface area (Å²) in [4.78, 5) is 11.0. The summed E-state index contributed by atoms with van der Waals surface area (Å²) < 4.78 is 1.79. The van der Waals surface area contributed by atoms with Crippen LogP contribution < -0.4 is 0 Å². The normalized spacial score (nSPS) is 16.2. The van der Waals surface area contributed by atoms with Crippen LogP contribution in [0, 0.1) is 0 Å². The summed E-state index contributed by atoms with van der Waals surface area (Å²) in [5.41, 5.74) is 6.92. The fourth-order valence-electron chi connectivity index (χ4n) is 3.63. The molecule has 0 saturated carbocycles. The number of carboxylic acid groups (broad SMARTS) is 1. The molecule has 20 heavy (non-hydrogen) atoms. The van der Waals surface area contributed by atoms with Crippen LogP contribution in [0.3, 0.4) is 0 Å². The molecule has 2 aliphatic carbocycles. The molecule has 2 aliphatic rings. The molecule has 1 aromatic carbocycles. The smallest absolute Gasteiger partial charge is 0.356 e. The van der Waals surface area contributed by atoms with Crippen molar-refractivity contribution in [2.24, 2.45) is 0 Å². The van der Waals surface area contributed by atoms with Crippen LogP contribution in [0.2, 0.25) is 0 Å². The van der Waals surface area contributed by atoms with Gasteiger partial charge in [-0.15, -0.1) is 0 Å². The zero-order valence-electron chi connectivity index (χ0n) is 11.2. The highest BCUT2D eigenvalue weighted by Gasteiger charge is 2.25. The first kappa shape index (κ1) is 11.7. The maximum Gasteiger partial charge on any atom is 0.356 e. The van der Waals surface area contributed by atoms with E-state index in [2.05, 4.69) is 11.2 Å². The molecule has 0 unspecified atom stereocenters. The average molecular weight is 268 g/mol. The zero-order valence-corrected chi connectivity index (χ0v) is 11.2. The van der Waals surface area contributed by atoms with E-state index in [0.717, 1.165) is 25.7 Å². The molecule has 0 fully saturated rings. The second-order valence-corrected chi connectivity index (χ2v) is 5.66. The van der Waals surface area contributed by atoms with E-state index >= 15 is 0 Å². The van der Waals surface area contributed by atoms with Gasteiger partial charge in [0.15, 0.2) is 5.69 Å². The quantitative estimate of drug-likeness (QED) is 0.910. The van der Waals surface area contributed by atoms with E-state index in [4.69, 9.17) is 5.11 Å². The zero-order chi connectivity index (χ0) is 13.7. The van der Waals surface area contributed by atoms with Crippen LogP contribution in [0.5, 0.6) is 0 Å². The van der Waals surface area contributed by atoms with Crippen molar-refractivity contribution < 1.29 is 9.90 Å². The summed E-state index contributed by atoms with van der Waals surface area (Å²) in [6, 6.07) is 3.95. The fraction of sp³-hybridized carbons (Fsp3) is 0.375. The third kappa shape index (κ3) is 1.60. The summed E-state index contributed by atoms with van der Waals surface area (Å²) in [6.07, 6.45) is 8.62. The maximum atomic E-state index is 11.0. The average Bonchev–Trinajstić information content (AvgIpc) is 3.15. The highest BCUT2D eigenvalue weighted by Crippen LogP contribution is 2.37. The van der Waals surface area contributed by atoms with Gasteiger partial charge in [-0.3, -0.25) is 0 Å². The lowest BCUT2D eigenvalue weighted by atomic mass is 9.99. The number of aryl methyl sites for hydroxylation is 2. The Morgan fingerprint density at radius 3 is 2.30 bits per heavy atom. The topological polar surface area (TPSA) is 55.1 Å². The highest BCUT2D eigenvalue weighted by molar-refractivity contribution is 5.85. The largest absolute Gasteiger partial charge is 0.476 e. The number of rotatable bonds is 2. The first-order valence-electron chi connectivity index (χ1n) is 7.20. The Hall–Kier alpha value is -2.10. The number of fused-ring (bicyclic) bond motifs is 2. The molecule has 4 nitrogen and oxygen atoms in total. The van der Waals surface area contributed by atoms with Crippen LogP contribution in [0.15, 0.2) is 18.3 Å². The van der Waals surface area contributed by atoms with Crippen molar-refractivity contribution in [2.75, 3.05) is 0 Å². The van der Waals surface area contributed by atoms with Crippen LogP contribution in [0.1, 0.15) is 45.6 Å². The number of carboxylic acids is 1. The van der Waals surface area contributed by atoms with Crippen LogP contribution in [0.4, 0.5) is 0 Å². The summed E-state index contributed by atoms with van der Waals surface area (Å²) in [5, 5.41) is 13.3. The predicted octanol–water partition coefficient (Wildman–Crippen LogP) is 2.55. The summed E-state index contributed by atoms with van der Waals surface area (Å²) >= 11 is 0. The molecule has 0 saturated heterocycles. The number of hydrogen-bond acceptors (Lipinski definition) is 2. The predicted molar refractivity (Wildman–Crippen MR) is 74.6 cm³/mol. The van der Waals surface area contributed by atoms with E-state index in [0.29, 0.717) is 0 Å². The molecule has 0 aliphatic heterocycles. The van der Waals surface area contributed by atoms with E-state index in [1.54, 1.807) is 16.9 Å². The molecule has 102 valence electrons. The van der Waals surface area contributed by atoms with Gasteiger partial charge in [0.25, 0.3) is 0 Å².